The van der Waals surface area contributed by atoms with Crippen LogP contribution in [0, 0.1) is 0 Å². The molecule has 1 heteroatoms. The molecule has 0 aliphatic rings. The fourth-order valence-electron chi connectivity index (χ4n) is 2.89. The van der Waals surface area contributed by atoms with Gasteiger partial charge >= 0.3 is 0 Å². The number of rotatable bonds is 16. The Bertz CT molecular complexity index is 149. The van der Waals surface area contributed by atoms with E-state index in [4.69, 9.17) is 0 Å². The average Bonchev–Trinajstić information content (AvgIpc) is 2.45. The first-order chi connectivity index (χ1) is 9.81. The van der Waals surface area contributed by atoms with Crippen molar-refractivity contribution < 1.29 is 0 Å². The molecule has 0 saturated carbocycles. The Morgan fingerprint density at radius 2 is 0.750 bits per heavy atom. The molecule has 1 radical (unpaired) electrons. The van der Waals surface area contributed by atoms with Crippen molar-refractivity contribution in [1.29, 1.82) is 0 Å². The maximum atomic E-state index is 2.57. The number of hydrogen-bond donors (Lipinski definition) is 0. The van der Waals surface area contributed by atoms with Crippen LogP contribution < -0.4 is 0 Å². The van der Waals surface area contributed by atoms with Gasteiger partial charge in [-0.15, -0.1) is 0 Å². The minimum Gasteiger partial charge on any atom is -0.0711 e. The Kier molecular flexibility index (Phi) is 17.5. The topological polar surface area (TPSA) is 0 Å². The van der Waals surface area contributed by atoms with Gasteiger partial charge in [-0.25, -0.2) is 0 Å². The van der Waals surface area contributed by atoms with Crippen LogP contribution in [-0.4, -0.2) is 8.80 Å². The fourth-order valence-corrected chi connectivity index (χ4v) is 4.85. The Morgan fingerprint density at radius 1 is 0.450 bits per heavy atom. The molecule has 0 aliphatic heterocycles. The summed E-state index contributed by atoms with van der Waals surface area (Å²) in [4.78, 5) is 0. The van der Waals surface area contributed by atoms with Crippen molar-refractivity contribution in [3.05, 3.63) is 0 Å². The predicted molar refractivity (Wildman–Crippen MR) is 97.2 cm³/mol. The molecule has 0 aromatic rings. The third-order valence-electron chi connectivity index (χ3n) is 4.41. The summed E-state index contributed by atoms with van der Waals surface area (Å²) in [5, 5.41) is 0. The fraction of sp³-hybridized carbons (Fsp3) is 1.00. The first-order valence-electron chi connectivity index (χ1n) is 9.62. The van der Waals surface area contributed by atoms with Crippen molar-refractivity contribution >= 4 is 8.80 Å². The largest absolute Gasteiger partial charge is 0.0711 e. The molecule has 0 aromatic heterocycles. The van der Waals surface area contributed by atoms with E-state index in [1.807, 2.05) is 0 Å². The Balaban J connectivity index is 3.11. The zero-order valence-electron chi connectivity index (χ0n) is 14.8. The Labute approximate surface area is 131 Å². The summed E-state index contributed by atoms with van der Waals surface area (Å²) < 4.78 is 0. The second-order valence-electron chi connectivity index (χ2n) is 6.70. The molecule has 0 rings (SSSR count). The standard InChI is InChI=1S/C19H41Si/c1-4-6-8-10-12-14-16-18-20(3)19-17-15-13-11-9-7-5-2/h4-19H2,1-3H3. The van der Waals surface area contributed by atoms with E-state index in [9.17, 15) is 0 Å². The molecule has 121 valence electrons. The van der Waals surface area contributed by atoms with Crippen LogP contribution in [0.3, 0.4) is 0 Å². The molecule has 0 heterocycles. The first-order valence-corrected chi connectivity index (χ1v) is 12.0. The summed E-state index contributed by atoms with van der Waals surface area (Å²) in [6.45, 7) is 7.17. The third kappa shape index (κ3) is 16.3. The molecule has 0 amide bonds. The molecule has 0 aromatic carbocycles. The van der Waals surface area contributed by atoms with Crippen molar-refractivity contribution in [2.45, 2.75) is 122 Å². The normalized spacial score (nSPS) is 11.4. The van der Waals surface area contributed by atoms with Gasteiger partial charge in [0.05, 0.1) is 0 Å². The van der Waals surface area contributed by atoms with Gasteiger partial charge in [0, 0.05) is 8.80 Å². The molecular formula is C19H41Si. The molecule has 0 fully saturated rings. The van der Waals surface area contributed by atoms with Crippen LogP contribution in [0.4, 0.5) is 0 Å². The summed E-state index contributed by atoms with van der Waals surface area (Å²) in [5.74, 6) is 0. The Hall–Kier alpha value is 0.217. The summed E-state index contributed by atoms with van der Waals surface area (Å²) in [6.07, 6.45) is 20.6. The lowest BCUT2D eigenvalue weighted by Crippen LogP contribution is -2.05. The maximum Gasteiger partial charge on any atom is 0.0446 e. The highest BCUT2D eigenvalue weighted by Crippen LogP contribution is 2.15. The van der Waals surface area contributed by atoms with Crippen LogP contribution in [0.5, 0.6) is 0 Å². The highest BCUT2D eigenvalue weighted by atomic mass is 28.3. The van der Waals surface area contributed by atoms with Gasteiger partial charge in [0.1, 0.15) is 0 Å². The second kappa shape index (κ2) is 17.3. The van der Waals surface area contributed by atoms with Gasteiger partial charge in [0.2, 0.25) is 0 Å². The van der Waals surface area contributed by atoms with E-state index in [-0.39, 0.29) is 8.80 Å². The zero-order valence-corrected chi connectivity index (χ0v) is 15.8. The smallest absolute Gasteiger partial charge is 0.0446 e. The maximum absolute atomic E-state index is 2.57. The van der Waals surface area contributed by atoms with Crippen LogP contribution in [0.1, 0.15) is 104 Å². The van der Waals surface area contributed by atoms with Crippen molar-refractivity contribution in [3.8, 4) is 0 Å². The van der Waals surface area contributed by atoms with Crippen LogP contribution in [0.2, 0.25) is 18.6 Å². The summed E-state index contributed by atoms with van der Waals surface area (Å²) in [5.41, 5.74) is 0. The zero-order chi connectivity index (χ0) is 14.9. The van der Waals surface area contributed by atoms with Gasteiger partial charge in [-0.1, -0.05) is 122 Å². The van der Waals surface area contributed by atoms with E-state index in [1.54, 1.807) is 12.1 Å². The summed E-state index contributed by atoms with van der Waals surface area (Å²) in [6, 6.07) is 3.16. The highest BCUT2D eigenvalue weighted by Gasteiger charge is 2.03. The van der Waals surface area contributed by atoms with E-state index in [0.29, 0.717) is 0 Å². The van der Waals surface area contributed by atoms with E-state index in [1.165, 1.54) is 89.9 Å². The predicted octanol–water partition coefficient (Wildman–Crippen LogP) is 7.61. The van der Waals surface area contributed by atoms with Crippen molar-refractivity contribution in [2.75, 3.05) is 0 Å². The molecule has 0 bridgehead atoms. The molecule has 0 aliphatic carbocycles. The highest BCUT2D eigenvalue weighted by molar-refractivity contribution is 6.57. The minimum atomic E-state index is 0.0162. The van der Waals surface area contributed by atoms with Crippen LogP contribution in [-0.2, 0) is 0 Å². The molecule has 0 N–H and O–H groups in total. The lowest BCUT2D eigenvalue weighted by molar-refractivity contribution is 0.596. The van der Waals surface area contributed by atoms with E-state index in [0.717, 1.165) is 0 Å². The molecular weight excluding hydrogens is 256 g/mol. The first kappa shape index (κ1) is 20.2. The summed E-state index contributed by atoms with van der Waals surface area (Å²) >= 11 is 0. The lowest BCUT2D eigenvalue weighted by atomic mass is 10.1. The molecule has 0 nitrogen and oxygen atoms in total. The van der Waals surface area contributed by atoms with Crippen molar-refractivity contribution in [3.63, 3.8) is 0 Å². The average molecular weight is 298 g/mol. The third-order valence-corrected chi connectivity index (χ3v) is 6.83. The van der Waals surface area contributed by atoms with E-state index < -0.39 is 0 Å². The van der Waals surface area contributed by atoms with Crippen LogP contribution in [0.15, 0.2) is 0 Å². The summed E-state index contributed by atoms with van der Waals surface area (Å²) in [7, 11) is 0.0162. The molecule has 0 saturated heterocycles. The Morgan fingerprint density at radius 3 is 1.10 bits per heavy atom. The van der Waals surface area contributed by atoms with Crippen LogP contribution in [0.25, 0.3) is 0 Å². The SMILES string of the molecule is CCCCCCCCC[Si](C)CCCCCCCCC. The minimum absolute atomic E-state index is 0.0162. The van der Waals surface area contributed by atoms with Gasteiger partial charge in [-0.3, -0.25) is 0 Å². The molecule has 0 spiro atoms. The second-order valence-corrected chi connectivity index (χ2v) is 9.61. The van der Waals surface area contributed by atoms with Gasteiger partial charge in [-0.2, -0.15) is 0 Å². The molecule has 0 unspecified atom stereocenters. The van der Waals surface area contributed by atoms with Gasteiger partial charge in [-0.05, 0) is 0 Å². The quantitative estimate of drug-likeness (QED) is 0.203. The number of unbranched alkanes of at least 4 members (excludes halogenated alkanes) is 12. The van der Waals surface area contributed by atoms with Crippen molar-refractivity contribution in [1.82, 2.24) is 0 Å². The van der Waals surface area contributed by atoms with Gasteiger partial charge in [0.25, 0.3) is 0 Å². The molecule has 0 atom stereocenters. The van der Waals surface area contributed by atoms with Crippen molar-refractivity contribution in [2.24, 2.45) is 0 Å². The van der Waals surface area contributed by atoms with Crippen LogP contribution >= 0.6 is 0 Å². The molecule has 20 heavy (non-hydrogen) atoms. The monoisotopic (exact) mass is 297 g/mol. The van der Waals surface area contributed by atoms with Gasteiger partial charge < -0.3 is 0 Å². The number of hydrogen-bond acceptors (Lipinski definition) is 0. The lowest BCUT2D eigenvalue weighted by Gasteiger charge is -2.09. The van der Waals surface area contributed by atoms with E-state index >= 15 is 0 Å². The van der Waals surface area contributed by atoms with Gasteiger partial charge in [0.15, 0.2) is 0 Å². The van der Waals surface area contributed by atoms with E-state index in [2.05, 4.69) is 20.4 Å².